The number of aromatic amines is 1. The predicted molar refractivity (Wildman–Crippen MR) is 94.1 cm³/mol. The number of nitrogens with two attached hydrogens (primary N) is 1. The van der Waals surface area contributed by atoms with Crippen LogP contribution in [0.15, 0.2) is 4.79 Å². The number of fused-ring (bicyclic) bond motifs is 1. The molecule has 0 saturated carbocycles. The molecule has 4 N–H and O–H groups in total. The number of aryl methyl sites for hydroxylation is 1. The largest absolute Gasteiger partial charge is 0.382 e. The minimum Gasteiger partial charge on any atom is -0.382 e. The number of hydrogen-bond donors (Lipinski definition) is 3. The van der Waals surface area contributed by atoms with Gasteiger partial charge in [-0.2, -0.15) is 9.97 Å². The standard InChI is InChI=1S/C16H26N6O2/c1-2-3-7-18-15-20-13(17)12-14(21-15)22(16(23)19-12)8-4-11-5-9-24-10-6-11/h11H,2-10H2,1H3,(H,19,23)(H3,17,18,20,21). The van der Waals surface area contributed by atoms with Gasteiger partial charge in [0.25, 0.3) is 0 Å². The third-order valence-electron chi connectivity index (χ3n) is 4.57. The molecule has 1 aliphatic rings. The Kier molecular flexibility index (Phi) is 5.34. The van der Waals surface area contributed by atoms with Gasteiger partial charge >= 0.3 is 5.69 Å². The fourth-order valence-electron chi connectivity index (χ4n) is 3.06. The third kappa shape index (κ3) is 3.69. The van der Waals surface area contributed by atoms with E-state index in [-0.39, 0.29) is 5.69 Å². The van der Waals surface area contributed by atoms with Crippen LogP contribution in [0.25, 0.3) is 11.2 Å². The van der Waals surface area contributed by atoms with Crippen molar-refractivity contribution in [3.8, 4) is 0 Å². The summed E-state index contributed by atoms with van der Waals surface area (Å²) in [6, 6.07) is 0. The molecule has 0 radical (unpaired) electrons. The molecule has 0 bridgehead atoms. The van der Waals surface area contributed by atoms with E-state index in [2.05, 4.69) is 27.2 Å². The molecule has 0 spiro atoms. The van der Waals surface area contributed by atoms with Gasteiger partial charge in [0.2, 0.25) is 5.95 Å². The zero-order valence-corrected chi connectivity index (χ0v) is 14.2. The van der Waals surface area contributed by atoms with E-state index in [1.807, 2.05) is 0 Å². The molecular formula is C16H26N6O2. The molecule has 8 nitrogen and oxygen atoms in total. The van der Waals surface area contributed by atoms with Crippen molar-refractivity contribution < 1.29 is 4.74 Å². The first-order chi connectivity index (χ1) is 11.7. The van der Waals surface area contributed by atoms with Gasteiger partial charge in [-0.3, -0.25) is 4.57 Å². The van der Waals surface area contributed by atoms with Gasteiger partial charge in [-0.1, -0.05) is 13.3 Å². The van der Waals surface area contributed by atoms with Crippen LogP contribution in [-0.4, -0.2) is 39.3 Å². The second kappa shape index (κ2) is 7.65. The Morgan fingerprint density at radius 2 is 2.17 bits per heavy atom. The van der Waals surface area contributed by atoms with Crippen molar-refractivity contribution in [3.63, 3.8) is 0 Å². The lowest BCUT2D eigenvalue weighted by atomic mass is 9.97. The summed E-state index contributed by atoms with van der Waals surface area (Å²) in [5.74, 6) is 1.38. The highest BCUT2D eigenvalue weighted by molar-refractivity contribution is 5.82. The van der Waals surface area contributed by atoms with Gasteiger partial charge in [0.1, 0.15) is 5.52 Å². The minimum absolute atomic E-state index is 0.177. The molecule has 1 saturated heterocycles. The average Bonchev–Trinajstić information content (AvgIpc) is 2.90. The Labute approximate surface area is 140 Å². The van der Waals surface area contributed by atoms with Gasteiger partial charge in [-0.25, -0.2) is 4.79 Å². The summed E-state index contributed by atoms with van der Waals surface area (Å²) in [6.45, 7) is 5.18. The Balaban J connectivity index is 1.80. The topological polar surface area (TPSA) is 111 Å². The number of unbranched alkanes of at least 4 members (excludes halogenated alkanes) is 1. The molecule has 132 valence electrons. The summed E-state index contributed by atoms with van der Waals surface area (Å²) in [7, 11) is 0. The first-order valence-corrected chi connectivity index (χ1v) is 8.76. The number of imidazole rings is 1. The molecule has 2 aromatic rings. The van der Waals surface area contributed by atoms with Gasteiger partial charge in [0, 0.05) is 26.3 Å². The lowest BCUT2D eigenvalue weighted by Crippen LogP contribution is -2.22. The normalized spacial score (nSPS) is 15.9. The Bertz CT molecular complexity index is 732. The number of nitrogen functional groups attached to an aromatic ring is 1. The summed E-state index contributed by atoms with van der Waals surface area (Å²) in [6.07, 6.45) is 5.17. The zero-order valence-electron chi connectivity index (χ0n) is 14.2. The molecule has 0 atom stereocenters. The van der Waals surface area contributed by atoms with Crippen LogP contribution < -0.4 is 16.7 Å². The molecule has 3 rings (SSSR count). The molecule has 1 fully saturated rings. The molecule has 8 heteroatoms. The highest BCUT2D eigenvalue weighted by Crippen LogP contribution is 2.21. The summed E-state index contributed by atoms with van der Waals surface area (Å²) in [5.41, 5.74) is 6.92. The van der Waals surface area contributed by atoms with E-state index in [0.717, 1.165) is 51.9 Å². The fourth-order valence-corrected chi connectivity index (χ4v) is 3.06. The van der Waals surface area contributed by atoms with E-state index in [1.165, 1.54) is 0 Å². The fraction of sp³-hybridized carbons (Fsp3) is 0.688. The maximum atomic E-state index is 12.3. The number of aromatic nitrogens is 4. The van der Waals surface area contributed by atoms with E-state index < -0.39 is 0 Å². The van der Waals surface area contributed by atoms with Gasteiger partial charge < -0.3 is 20.8 Å². The summed E-state index contributed by atoms with van der Waals surface area (Å²) < 4.78 is 7.06. The minimum atomic E-state index is -0.177. The van der Waals surface area contributed by atoms with Crippen LogP contribution in [0, 0.1) is 5.92 Å². The van der Waals surface area contributed by atoms with E-state index in [1.54, 1.807) is 4.57 Å². The van der Waals surface area contributed by atoms with Crippen molar-refractivity contribution in [1.82, 2.24) is 19.5 Å². The van der Waals surface area contributed by atoms with Crippen molar-refractivity contribution in [2.75, 3.05) is 30.8 Å². The molecule has 0 amide bonds. The summed E-state index contributed by atoms with van der Waals surface area (Å²) in [5, 5.41) is 3.17. The molecule has 24 heavy (non-hydrogen) atoms. The Morgan fingerprint density at radius 3 is 2.92 bits per heavy atom. The third-order valence-corrected chi connectivity index (χ3v) is 4.57. The second-order valence-electron chi connectivity index (χ2n) is 6.34. The lowest BCUT2D eigenvalue weighted by Gasteiger charge is -2.21. The number of rotatable bonds is 7. The van der Waals surface area contributed by atoms with E-state index in [4.69, 9.17) is 10.5 Å². The van der Waals surface area contributed by atoms with Gasteiger partial charge in [0.05, 0.1) is 0 Å². The smallest absolute Gasteiger partial charge is 0.327 e. The number of nitrogens with zero attached hydrogens (tertiary/aromatic N) is 3. The molecular weight excluding hydrogens is 308 g/mol. The van der Waals surface area contributed by atoms with Crippen LogP contribution in [0.5, 0.6) is 0 Å². The van der Waals surface area contributed by atoms with Crippen molar-refractivity contribution >= 4 is 22.9 Å². The molecule has 0 aromatic carbocycles. The summed E-state index contributed by atoms with van der Waals surface area (Å²) in [4.78, 5) is 23.8. The highest BCUT2D eigenvalue weighted by atomic mass is 16.5. The molecule has 2 aromatic heterocycles. The Hall–Kier alpha value is -2.09. The number of anilines is 2. The number of hydrogen-bond acceptors (Lipinski definition) is 6. The zero-order chi connectivity index (χ0) is 16.9. The van der Waals surface area contributed by atoms with Crippen LogP contribution in [0.2, 0.25) is 0 Å². The first-order valence-electron chi connectivity index (χ1n) is 8.76. The number of ether oxygens (including phenoxy) is 1. The van der Waals surface area contributed by atoms with Gasteiger partial charge in [-0.15, -0.1) is 0 Å². The van der Waals surface area contributed by atoms with Gasteiger partial charge in [0.15, 0.2) is 11.5 Å². The first kappa shape index (κ1) is 16.8. The van der Waals surface area contributed by atoms with Crippen LogP contribution >= 0.6 is 0 Å². The SMILES string of the molecule is CCCCNc1nc(N)c2[nH]c(=O)n(CCC3CCOCC3)c2n1. The monoisotopic (exact) mass is 334 g/mol. The molecule has 3 heterocycles. The van der Waals surface area contributed by atoms with Crippen molar-refractivity contribution in [3.05, 3.63) is 10.5 Å². The molecule has 0 aliphatic carbocycles. The number of nitrogens with one attached hydrogen (secondary N) is 2. The van der Waals surface area contributed by atoms with Crippen molar-refractivity contribution in [2.24, 2.45) is 5.92 Å². The van der Waals surface area contributed by atoms with Crippen LogP contribution in [0.1, 0.15) is 39.0 Å². The van der Waals surface area contributed by atoms with Crippen LogP contribution in [0.4, 0.5) is 11.8 Å². The van der Waals surface area contributed by atoms with E-state index in [0.29, 0.717) is 35.4 Å². The Morgan fingerprint density at radius 1 is 1.38 bits per heavy atom. The molecule has 1 aliphatic heterocycles. The van der Waals surface area contributed by atoms with Crippen molar-refractivity contribution in [2.45, 2.75) is 45.6 Å². The van der Waals surface area contributed by atoms with Crippen LogP contribution in [0.3, 0.4) is 0 Å². The van der Waals surface area contributed by atoms with E-state index in [9.17, 15) is 4.79 Å². The average molecular weight is 334 g/mol. The van der Waals surface area contributed by atoms with Crippen LogP contribution in [-0.2, 0) is 11.3 Å². The maximum Gasteiger partial charge on any atom is 0.327 e. The summed E-state index contributed by atoms with van der Waals surface area (Å²) >= 11 is 0. The molecule has 0 unspecified atom stereocenters. The predicted octanol–water partition coefficient (Wildman–Crippen LogP) is 1.73. The van der Waals surface area contributed by atoms with E-state index >= 15 is 0 Å². The second-order valence-corrected chi connectivity index (χ2v) is 6.34. The van der Waals surface area contributed by atoms with Gasteiger partial charge in [-0.05, 0) is 31.6 Å². The maximum absolute atomic E-state index is 12.3. The quantitative estimate of drug-likeness (QED) is 0.665. The lowest BCUT2D eigenvalue weighted by molar-refractivity contribution is 0.0626. The highest BCUT2D eigenvalue weighted by Gasteiger charge is 2.17. The number of H-pyrrole nitrogens is 1. The van der Waals surface area contributed by atoms with Crippen molar-refractivity contribution in [1.29, 1.82) is 0 Å².